The van der Waals surface area contributed by atoms with Gasteiger partial charge in [-0.2, -0.15) is 5.10 Å². The third kappa shape index (κ3) is 2.44. The number of H-pyrrole nitrogens is 1. The molecule has 0 radical (unpaired) electrons. The van der Waals surface area contributed by atoms with E-state index in [9.17, 15) is 4.79 Å². The van der Waals surface area contributed by atoms with Crippen molar-refractivity contribution < 1.29 is 4.79 Å². The highest BCUT2D eigenvalue weighted by Gasteiger charge is 2.31. The van der Waals surface area contributed by atoms with Crippen LogP contribution in [0.15, 0.2) is 18.2 Å². The molecule has 3 heterocycles. The Morgan fingerprint density at radius 1 is 1.33 bits per heavy atom. The topological polar surface area (TPSA) is 92.6 Å². The van der Waals surface area contributed by atoms with Crippen LogP contribution in [-0.2, 0) is 7.05 Å². The Morgan fingerprint density at radius 2 is 2.21 bits per heavy atom. The summed E-state index contributed by atoms with van der Waals surface area (Å²) in [5.74, 6) is 1.47. The van der Waals surface area contributed by atoms with Gasteiger partial charge in [-0.3, -0.25) is 9.89 Å². The second-order valence-corrected chi connectivity index (χ2v) is 6.21. The van der Waals surface area contributed by atoms with Gasteiger partial charge < -0.3 is 4.90 Å². The second-order valence-electron chi connectivity index (χ2n) is 6.21. The van der Waals surface area contributed by atoms with Gasteiger partial charge >= 0.3 is 0 Å². The molecule has 1 N–H and O–H groups in total. The number of nitrogens with one attached hydrogen (secondary N) is 1. The van der Waals surface area contributed by atoms with E-state index in [1.165, 1.54) is 0 Å². The van der Waals surface area contributed by atoms with Crippen LogP contribution in [0.1, 0.15) is 47.3 Å². The van der Waals surface area contributed by atoms with E-state index in [1.54, 1.807) is 4.68 Å². The fourth-order valence-corrected chi connectivity index (χ4v) is 3.28. The van der Waals surface area contributed by atoms with Gasteiger partial charge in [0.2, 0.25) is 0 Å². The summed E-state index contributed by atoms with van der Waals surface area (Å²) in [5, 5.41) is 15.2. The summed E-state index contributed by atoms with van der Waals surface area (Å²) in [7, 11) is 1.82. The van der Waals surface area contributed by atoms with Crippen molar-refractivity contribution in [2.75, 3.05) is 6.54 Å². The number of carbonyl (C=O) groups is 1. The summed E-state index contributed by atoms with van der Waals surface area (Å²) in [4.78, 5) is 19.4. The summed E-state index contributed by atoms with van der Waals surface area (Å²) in [6.07, 6.45) is 2.96. The number of carbonyl (C=O) groups excluding carboxylic acids is 1. The molecule has 2 aromatic heterocycles. The molecule has 1 aliphatic heterocycles. The lowest BCUT2D eigenvalue weighted by molar-refractivity contribution is 0.0600. The average Bonchev–Trinajstić information content (AvgIpc) is 3.20. The molecule has 0 saturated carbocycles. The molecule has 1 aromatic carbocycles. The Kier molecular flexibility index (Phi) is 3.51. The molecule has 1 atom stereocenters. The summed E-state index contributed by atoms with van der Waals surface area (Å²) >= 11 is 0. The predicted octanol–water partition coefficient (Wildman–Crippen LogP) is 1.76. The van der Waals surface area contributed by atoms with Crippen molar-refractivity contribution in [3.8, 4) is 0 Å². The Morgan fingerprint density at radius 3 is 3.00 bits per heavy atom. The zero-order valence-corrected chi connectivity index (χ0v) is 13.7. The molecule has 1 aliphatic rings. The molecule has 1 saturated heterocycles. The first kappa shape index (κ1) is 14.8. The number of benzene rings is 1. The minimum absolute atomic E-state index is 0.00486. The van der Waals surface area contributed by atoms with Crippen LogP contribution in [0, 0.1) is 6.92 Å². The third-order valence-corrected chi connectivity index (χ3v) is 4.53. The first-order valence-electron chi connectivity index (χ1n) is 8.13. The molecule has 0 bridgehead atoms. The van der Waals surface area contributed by atoms with Crippen LogP contribution in [0.4, 0.5) is 0 Å². The van der Waals surface area contributed by atoms with E-state index in [0.29, 0.717) is 11.4 Å². The number of hydrogen-bond donors (Lipinski definition) is 1. The zero-order valence-electron chi connectivity index (χ0n) is 13.7. The van der Waals surface area contributed by atoms with Gasteiger partial charge in [-0.1, -0.05) is 5.21 Å². The maximum absolute atomic E-state index is 13.1. The van der Waals surface area contributed by atoms with Gasteiger partial charge in [-0.15, -0.1) is 5.10 Å². The summed E-state index contributed by atoms with van der Waals surface area (Å²) < 4.78 is 1.68. The first-order chi connectivity index (χ1) is 11.6. The minimum Gasteiger partial charge on any atom is -0.328 e. The SMILES string of the molecule is Cc1nc([C@@H]2CCCCN2C(=O)c2ccc3nnn(C)c3c2)n[nH]1. The van der Waals surface area contributed by atoms with Crippen molar-refractivity contribution in [3.63, 3.8) is 0 Å². The molecular formula is C16H19N7O. The fourth-order valence-electron chi connectivity index (χ4n) is 3.28. The highest BCUT2D eigenvalue weighted by molar-refractivity contribution is 5.97. The van der Waals surface area contributed by atoms with Crippen LogP contribution in [0.5, 0.6) is 0 Å². The summed E-state index contributed by atoms with van der Waals surface area (Å²) in [5.41, 5.74) is 2.28. The Bertz CT molecular complexity index is 897. The molecule has 0 spiro atoms. The highest BCUT2D eigenvalue weighted by atomic mass is 16.2. The maximum atomic E-state index is 13.1. The number of aromatic nitrogens is 6. The van der Waals surface area contributed by atoms with Crippen molar-refractivity contribution in [2.45, 2.75) is 32.2 Å². The second kappa shape index (κ2) is 5.70. The van der Waals surface area contributed by atoms with Crippen molar-refractivity contribution >= 4 is 16.9 Å². The van der Waals surface area contributed by atoms with Gasteiger partial charge in [0.05, 0.1) is 11.6 Å². The standard InChI is InChI=1S/C16H19N7O/c1-10-17-15(20-18-10)13-5-3-4-8-23(13)16(24)11-6-7-12-14(9-11)22(2)21-19-12/h6-7,9,13H,3-5,8H2,1-2H3,(H,17,18,20)/t13-/m0/s1. The summed E-state index contributed by atoms with van der Waals surface area (Å²) in [6, 6.07) is 5.43. The number of hydrogen-bond acceptors (Lipinski definition) is 5. The molecule has 3 aromatic rings. The smallest absolute Gasteiger partial charge is 0.254 e. The lowest BCUT2D eigenvalue weighted by atomic mass is 10.00. The monoisotopic (exact) mass is 325 g/mol. The summed E-state index contributed by atoms with van der Waals surface area (Å²) in [6.45, 7) is 2.59. The number of nitrogens with zero attached hydrogens (tertiary/aromatic N) is 6. The van der Waals surface area contributed by atoms with E-state index in [2.05, 4.69) is 25.5 Å². The number of rotatable bonds is 2. The zero-order chi connectivity index (χ0) is 16.7. The highest BCUT2D eigenvalue weighted by Crippen LogP contribution is 2.30. The molecule has 124 valence electrons. The number of aryl methyl sites for hydroxylation is 2. The van der Waals surface area contributed by atoms with Crippen molar-refractivity contribution in [3.05, 3.63) is 35.4 Å². The molecule has 24 heavy (non-hydrogen) atoms. The molecular weight excluding hydrogens is 306 g/mol. The van der Waals surface area contributed by atoms with Gasteiger partial charge in [-0.25, -0.2) is 9.67 Å². The number of piperidine rings is 1. The van der Waals surface area contributed by atoms with Crippen LogP contribution in [0.25, 0.3) is 11.0 Å². The molecule has 1 amide bonds. The van der Waals surface area contributed by atoms with Crippen LogP contribution in [0.3, 0.4) is 0 Å². The molecule has 0 aliphatic carbocycles. The Labute approximate surface area is 138 Å². The lowest BCUT2D eigenvalue weighted by Gasteiger charge is -2.34. The van der Waals surface area contributed by atoms with Gasteiger partial charge in [0.25, 0.3) is 5.91 Å². The van der Waals surface area contributed by atoms with Gasteiger partial charge in [-0.05, 0) is 44.4 Å². The van der Waals surface area contributed by atoms with Gasteiger partial charge in [0, 0.05) is 19.2 Å². The van der Waals surface area contributed by atoms with E-state index in [1.807, 2.05) is 37.1 Å². The van der Waals surface area contributed by atoms with E-state index in [0.717, 1.165) is 42.7 Å². The van der Waals surface area contributed by atoms with Crippen LogP contribution in [-0.4, -0.2) is 47.5 Å². The van der Waals surface area contributed by atoms with E-state index >= 15 is 0 Å². The first-order valence-corrected chi connectivity index (χ1v) is 8.13. The predicted molar refractivity (Wildman–Crippen MR) is 87.3 cm³/mol. The van der Waals surface area contributed by atoms with Gasteiger partial charge in [0.15, 0.2) is 5.82 Å². The largest absolute Gasteiger partial charge is 0.328 e. The quantitative estimate of drug-likeness (QED) is 0.775. The number of likely N-dealkylation sites (tertiary alicyclic amines) is 1. The van der Waals surface area contributed by atoms with Crippen LogP contribution < -0.4 is 0 Å². The Hall–Kier alpha value is -2.77. The fraction of sp³-hybridized carbons (Fsp3) is 0.438. The van der Waals surface area contributed by atoms with Crippen molar-refractivity contribution in [2.24, 2.45) is 7.05 Å². The number of amides is 1. The van der Waals surface area contributed by atoms with Gasteiger partial charge in [0.1, 0.15) is 11.3 Å². The molecule has 1 fully saturated rings. The lowest BCUT2D eigenvalue weighted by Crippen LogP contribution is -2.39. The van der Waals surface area contributed by atoms with E-state index in [-0.39, 0.29) is 11.9 Å². The van der Waals surface area contributed by atoms with E-state index in [4.69, 9.17) is 0 Å². The molecule has 8 nitrogen and oxygen atoms in total. The maximum Gasteiger partial charge on any atom is 0.254 e. The van der Waals surface area contributed by atoms with Crippen LogP contribution in [0.2, 0.25) is 0 Å². The van der Waals surface area contributed by atoms with E-state index < -0.39 is 0 Å². The average molecular weight is 325 g/mol. The number of fused-ring (bicyclic) bond motifs is 1. The van der Waals surface area contributed by atoms with Crippen molar-refractivity contribution in [1.82, 2.24) is 35.1 Å². The third-order valence-electron chi connectivity index (χ3n) is 4.53. The number of aromatic amines is 1. The molecule has 0 unspecified atom stereocenters. The van der Waals surface area contributed by atoms with Crippen LogP contribution >= 0.6 is 0 Å². The molecule has 4 rings (SSSR count). The molecule has 8 heteroatoms. The van der Waals surface area contributed by atoms with Crippen molar-refractivity contribution in [1.29, 1.82) is 0 Å². The normalized spacial score (nSPS) is 18.2. The minimum atomic E-state index is -0.0726. The Balaban J connectivity index is 1.68.